The van der Waals surface area contributed by atoms with Crippen molar-refractivity contribution < 1.29 is 18.7 Å². The molecule has 0 unspecified atom stereocenters. The molecule has 0 aliphatic rings. The molecule has 0 bridgehead atoms. The van der Waals surface area contributed by atoms with Gasteiger partial charge >= 0.3 is 0 Å². The highest BCUT2D eigenvalue weighted by molar-refractivity contribution is 9.10. The summed E-state index contributed by atoms with van der Waals surface area (Å²) in [6.45, 7) is -0.423. The highest BCUT2D eigenvalue weighted by atomic mass is 79.9. The average Bonchev–Trinajstić information content (AvgIpc) is 2.52. The SMILES string of the molecule is O=C(COc1ccc(Br)cc1F)NNC(=O)c1ccccc1. The fraction of sp³-hybridized carbons (Fsp3) is 0.0667. The van der Waals surface area contributed by atoms with E-state index in [2.05, 4.69) is 26.8 Å². The fourth-order valence-electron chi connectivity index (χ4n) is 1.56. The third kappa shape index (κ3) is 4.56. The predicted molar refractivity (Wildman–Crippen MR) is 81.6 cm³/mol. The Labute approximate surface area is 134 Å². The average molecular weight is 367 g/mol. The number of benzene rings is 2. The van der Waals surface area contributed by atoms with Crippen molar-refractivity contribution in [3.8, 4) is 5.75 Å². The van der Waals surface area contributed by atoms with Gasteiger partial charge in [0.2, 0.25) is 0 Å². The third-order valence-corrected chi connectivity index (χ3v) is 3.10. The van der Waals surface area contributed by atoms with Crippen LogP contribution in [0.5, 0.6) is 5.75 Å². The summed E-state index contributed by atoms with van der Waals surface area (Å²) in [6, 6.07) is 12.6. The molecule has 0 heterocycles. The van der Waals surface area contributed by atoms with Crippen molar-refractivity contribution in [3.05, 3.63) is 64.4 Å². The minimum Gasteiger partial charge on any atom is -0.481 e. The first-order valence-electron chi connectivity index (χ1n) is 6.28. The Kier molecular flexibility index (Phi) is 5.48. The first kappa shape index (κ1) is 16.0. The molecule has 0 saturated carbocycles. The van der Waals surface area contributed by atoms with Crippen molar-refractivity contribution in [1.29, 1.82) is 0 Å². The highest BCUT2D eigenvalue weighted by Crippen LogP contribution is 2.21. The summed E-state index contributed by atoms with van der Waals surface area (Å²) in [6.07, 6.45) is 0. The van der Waals surface area contributed by atoms with Gasteiger partial charge in [0, 0.05) is 10.0 Å². The Morgan fingerprint density at radius 2 is 1.82 bits per heavy atom. The van der Waals surface area contributed by atoms with Gasteiger partial charge in [0.25, 0.3) is 11.8 Å². The Hall–Kier alpha value is -2.41. The molecule has 2 N–H and O–H groups in total. The van der Waals surface area contributed by atoms with Crippen molar-refractivity contribution >= 4 is 27.7 Å². The lowest BCUT2D eigenvalue weighted by Gasteiger charge is -2.09. The molecule has 7 heteroatoms. The van der Waals surface area contributed by atoms with Crippen molar-refractivity contribution in [3.63, 3.8) is 0 Å². The molecule has 5 nitrogen and oxygen atoms in total. The number of ether oxygens (including phenoxy) is 1. The second kappa shape index (κ2) is 7.56. The lowest BCUT2D eigenvalue weighted by atomic mass is 10.2. The zero-order valence-electron chi connectivity index (χ0n) is 11.3. The van der Waals surface area contributed by atoms with Gasteiger partial charge in [0.1, 0.15) is 0 Å². The van der Waals surface area contributed by atoms with Gasteiger partial charge in [-0.2, -0.15) is 0 Å². The summed E-state index contributed by atoms with van der Waals surface area (Å²) in [5, 5.41) is 0. The summed E-state index contributed by atoms with van der Waals surface area (Å²) >= 11 is 3.12. The number of carbonyl (C=O) groups excluding carboxylic acids is 2. The van der Waals surface area contributed by atoms with Gasteiger partial charge in [0.05, 0.1) is 0 Å². The molecule has 0 radical (unpaired) electrons. The monoisotopic (exact) mass is 366 g/mol. The van der Waals surface area contributed by atoms with Crippen molar-refractivity contribution in [2.75, 3.05) is 6.61 Å². The van der Waals surface area contributed by atoms with Crippen molar-refractivity contribution in [2.45, 2.75) is 0 Å². The van der Waals surface area contributed by atoms with Gasteiger partial charge in [-0.25, -0.2) is 4.39 Å². The molecular formula is C15H12BrFN2O3. The minimum absolute atomic E-state index is 0.0484. The third-order valence-electron chi connectivity index (χ3n) is 2.60. The molecule has 2 amide bonds. The maximum absolute atomic E-state index is 13.5. The first-order valence-corrected chi connectivity index (χ1v) is 7.07. The summed E-state index contributed by atoms with van der Waals surface area (Å²) in [5.41, 5.74) is 4.83. The number of carbonyl (C=O) groups is 2. The molecule has 0 saturated heterocycles. The Morgan fingerprint density at radius 3 is 2.50 bits per heavy atom. The summed E-state index contributed by atoms with van der Waals surface area (Å²) in [7, 11) is 0. The largest absolute Gasteiger partial charge is 0.481 e. The quantitative estimate of drug-likeness (QED) is 0.816. The number of hydrogen-bond acceptors (Lipinski definition) is 3. The Balaban J connectivity index is 1.80. The van der Waals surface area contributed by atoms with E-state index in [0.717, 1.165) is 0 Å². The second-order valence-corrected chi connectivity index (χ2v) is 5.15. The van der Waals surface area contributed by atoms with E-state index in [0.29, 0.717) is 10.0 Å². The number of hydrogen-bond donors (Lipinski definition) is 2. The normalized spacial score (nSPS) is 9.91. The van der Waals surface area contributed by atoms with E-state index >= 15 is 0 Å². The van der Waals surface area contributed by atoms with Crippen LogP contribution in [0.2, 0.25) is 0 Å². The van der Waals surface area contributed by atoms with Crippen molar-refractivity contribution in [2.24, 2.45) is 0 Å². The number of rotatable bonds is 4. The molecule has 0 aliphatic carbocycles. The molecule has 2 aromatic rings. The molecule has 0 fully saturated rings. The number of amides is 2. The van der Waals surface area contributed by atoms with Gasteiger partial charge in [-0.05, 0) is 30.3 Å². The van der Waals surface area contributed by atoms with E-state index in [9.17, 15) is 14.0 Å². The van der Waals surface area contributed by atoms with Gasteiger partial charge in [-0.1, -0.05) is 34.1 Å². The number of nitrogens with one attached hydrogen (secondary N) is 2. The van der Waals surface area contributed by atoms with Crippen LogP contribution in [0.25, 0.3) is 0 Å². The number of halogens is 2. The molecule has 114 valence electrons. The van der Waals surface area contributed by atoms with Crippen LogP contribution in [0.3, 0.4) is 0 Å². The molecule has 0 aliphatic heterocycles. The molecular weight excluding hydrogens is 355 g/mol. The topological polar surface area (TPSA) is 67.4 Å². The molecule has 2 aromatic carbocycles. The Morgan fingerprint density at radius 1 is 1.09 bits per heavy atom. The van der Waals surface area contributed by atoms with E-state index in [1.54, 1.807) is 36.4 Å². The van der Waals surface area contributed by atoms with E-state index in [1.807, 2.05) is 0 Å². The van der Waals surface area contributed by atoms with E-state index in [1.165, 1.54) is 12.1 Å². The van der Waals surface area contributed by atoms with E-state index in [4.69, 9.17) is 4.74 Å². The van der Waals surface area contributed by atoms with Gasteiger partial charge in [0.15, 0.2) is 18.2 Å². The lowest BCUT2D eigenvalue weighted by Crippen LogP contribution is -2.43. The minimum atomic E-state index is -0.605. The van der Waals surface area contributed by atoms with Crippen LogP contribution in [-0.2, 0) is 4.79 Å². The van der Waals surface area contributed by atoms with Gasteiger partial charge in [-0.15, -0.1) is 0 Å². The molecule has 22 heavy (non-hydrogen) atoms. The van der Waals surface area contributed by atoms with Crippen LogP contribution in [-0.4, -0.2) is 18.4 Å². The van der Waals surface area contributed by atoms with Gasteiger partial charge < -0.3 is 4.74 Å². The predicted octanol–water partition coefficient (Wildman–Crippen LogP) is 2.43. The second-order valence-electron chi connectivity index (χ2n) is 4.23. The maximum atomic E-state index is 13.5. The van der Waals surface area contributed by atoms with Crippen LogP contribution in [0, 0.1) is 5.82 Å². The molecule has 0 aromatic heterocycles. The molecule has 2 rings (SSSR count). The maximum Gasteiger partial charge on any atom is 0.276 e. The highest BCUT2D eigenvalue weighted by Gasteiger charge is 2.09. The van der Waals surface area contributed by atoms with Crippen molar-refractivity contribution in [1.82, 2.24) is 10.9 Å². The molecule has 0 spiro atoms. The van der Waals surface area contributed by atoms with Crippen LogP contribution in [0.15, 0.2) is 53.0 Å². The zero-order valence-corrected chi connectivity index (χ0v) is 12.9. The van der Waals surface area contributed by atoms with Crippen LogP contribution in [0.1, 0.15) is 10.4 Å². The van der Waals surface area contributed by atoms with Crippen LogP contribution < -0.4 is 15.6 Å². The molecule has 0 atom stereocenters. The van der Waals surface area contributed by atoms with E-state index < -0.39 is 24.2 Å². The van der Waals surface area contributed by atoms with Crippen LogP contribution in [0.4, 0.5) is 4.39 Å². The zero-order chi connectivity index (χ0) is 15.9. The summed E-state index contributed by atoms with van der Waals surface area (Å²) < 4.78 is 19.1. The summed E-state index contributed by atoms with van der Waals surface area (Å²) in [4.78, 5) is 23.2. The lowest BCUT2D eigenvalue weighted by molar-refractivity contribution is -0.123. The van der Waals surface area contributed by atoms with Crippen LogP contribution >= 0.6 is 15.9 Å². The summed E-state index contributed by atoms with van der Waals surface area (Å²) in [5.74, 6) is -1.70. The van der Waals surface area contributed by atoms with Gasteiger partial charge in [-0.3, -0.25) is 20.4 Å². The fourth-order valence-corrected chi connectivity index (χ4v) is 1.89. The first-order chi connectivity index (χ1) is 10.6. The number of hydrazine groups is 1. The smallest absolute Gasteiger partial charge is 0.276 e. The standard InChI is InChI=1S/C15H12BrFN2O3/c16-11-6-7-13(12(17)8-11)22-9-14(20)18-19-15(21)10-4-2-1-3-5-10/h1-8H,9H2,(H,18,20)(H,19,21). The van der Waals surface area contributed by atoms with E-state index in [-0.39, 0.29) is 5.75 Å². The Bertz CT molecular complexity index is 680.